The van der Waals surface area contributed by atoms with Gasteiger partial charge in [-0.25, -0.2) is 4.39 Å². The van der Waals surface area contributed by atoms with Crippen molar-refractivity contribution < 1.29 is 9.60 Å². The number of hydrogen-bond donors (Lipinski definition) is 2. The van der Waals surface area contributed by atoms with E-state index in [4.69, 9.17) is 5.21 Å². The predicted molar refractivity (Wildman–Crippen MR) is 52.1 cm³/mol. The Balaban J connectivity index is 2.99. The number of nitrogens with one attached hydrogen (secondary N) is 1. The maximum atomic E-state index is 12.7. The molecule has 0 fully saturated rings. The summed E-state index contributed by atoms with van der Waals surface area (Å²) in [7, 11) is 0. The predicted octanol–water partition coefficient (Wildman–Crippen LogP) is 3.02. The quantitative estimate of drug-likeness (QED) is 0.806. The van der Waals surface area contributed by atoms with Gasteiger partial charge in [0.1, 0.15) is 5.82 Å². The molecule has 2 N–H and O–H groups in total. The second-order valence-corrected chi connectivity index (χ2v) is 3.61. The average molecular weight is 248 g/mol. The lowest BCUT2D eigenvalue weighted by atomic mass is 10.1. The van der Waals surface area contributed by atoms with Crippen molar-refractivity contribution in [1.82, 2.24) is 5.48 Å². The lowest BCUT2D eigenvalue weighted by molar-refractivity contribution is 0.124. The van der Waals surface area contributed by atoms with Crippen molar-refractivity contribution in [1.29, 1.82) is 0 Å². The number of benzene rings is 1. The molecule has 0 aromatic heterocycles. The van der Waals surface area contributed by atoms with Crippen LogP contribution in [-0.4, -0.2) is 5.21 Å². The van der Waals surface area contributed by atoms with Gasteiger partial charge in [0.2, 0.25) is 0 Å². The van der Waals surface area contributed by atoms with Crippen LogP contribution in [-0.2, 0) is 0 Å². The van der Waals surface area contributed by atoms with Gasteiger partial charge in [0.15, 0.2) is 0 Å². The Labute approximate surface area is 84.9 Å². The molecule has 1 aromatic rings. The fraction of sp³-hybridized carbons (Fsp3) is 0.333. The van der Waals surface area contributed by atoms with Crippen LogP contribution in [0.2, 0.25) is 0 Å². The van der Waals surface area contributed by atoms with Crippen molar-refractivity contribution >= 4 is 15.9 Å². The van der Waals surface area contributed by atoms with Crippen molar-refractivity contribution in [2.45, 2.75) is 19.4 Å². The van der Waals surface area contributed by atoms with Gasteiger partial charge in [-0.15, -0.1) is 0 Å². The number of halogens is 2. The van der Waals surface area contributed by atoms with E-state index >= 15 is 0 Å². The lowest BCUT2D eigenvalue weighted by Crippen LogP contribution is -2.16. The Kier molecular flexibility index (Phi) is 3.84. The normalized spacial score (nSPS) is 12.9. The highest BCUT2D eigenvalue weighted by Crippen LogP contribution is 2.25. The first-order chi connectivity index (χ1) is 6.19. The van der Waals surface area contributed by atoms with Crippen LogP contribution < -0.4 is 5.48 Å². The average Bonchev–Trinajstić information content (AvgIpc) is 2.10. The minimum absolute atomic E-state index is 0.157. The molecule has 0 heterocycles. The molecule has 2 nitrogen and oxygen atoms in total. The van der Waals surface area contributed by atoms with Crippen molar-refractivity contribution in [3.63, 3.8) is 0 Å². The molecule has 0 bridgehead atoms. The molecule has 0 unspecified atom stereocenters. The molecule has 4 heteroatoms. The van der Waals surface area contributed by atoms with Crippen LogP contribution >= 0.6 is 15.9 Å². The van der Waals surface area contributed by atoms with Gasteiger partial charge in [0, 0.05) is 4.47 Å². The van der Waals surface area contributed by atoms with Crippen LogP contribution in [0.15, 0.2) is 22.7 Å². The van der Waals surface area contributed by atoms with Gasteiger partial charge >= 0.3 is 0 Å². The number of hydroxylamine groups is 1. The van der Waals surface area contributed by atoms with Crippen molar-refractivity contribution in [3.05, 3.63) is 34.1 Å². The molecule has 0 radical (unpaired) electrons. The zero-order valence-electron chi connectivity index (χ0n) is 7.22. The summed E-state index contributed by atoms with van der Waals surface area (Å²) >= 11 is 3.24. The first kappa shape index (κ1) is 10.6. The van der Waals surface area contributed by atoms with E-state index in [2.05, 4.69) is 21.4 Å². The maximum Gasteiger partial charge on any atom is 0.124 e. The number of rotatable bonds is 3. The summed E-state index contributed by atoms with van der Waals surface area (Å²) in [5, 5.41) is 8.81. The Bertz CT molecular complexity index is 289. The van der Waals surface area contributed by atoms with Gasteiger partial charge in [0.25, 0.3) is 0 Å². The van der Waals surface area contributed by atoms with Crippen LogP contribution in [0.1, 0.15) is 24.9 Å². The SMILES string of the molecule is CC[C@H](NO)c1ccc(F)cc1Br. The van der Waals surface area contributed by atoms with Crippen molar-refractivity contribution in [2.24, 2.45) is 0 Å². The smallest absolute Gasteiger partial charge is 0.124 e. The third kappa shape index (κ3) is 2.49. The van der Waals surface area contributed by atoms with E-state index < -0.39 is 0 Å². The summed E-state index contributed by atoms with van der Waals surface area (Å²) in [5.74, 6) is -0.289. The summed E-state index contributed by atoms with van der Waals surface area (Å²) in [5.41, 5.74) is 3.03. The van der Waals surface area contributed by atoms with E-state index in [0.29, 0.717) is 4.47 Å². The molecule has 1 rings (SSSR count). The van der Waals surface area contributed by atoms with E-state index in [1.165, 1.54) is 12.1 Å². The van der Waals surface area contributed by atoms with Crippen molar-refractivity contribution in [3.8, 4) is 0 Å². The van der Waals surface area contributed by atoms with Gasteiger partial charge in [-0.2, -0.15) is 5.48 Å². The zero-order valence-corrected chi connectivity index (χ0v) is 8.81. The van der Waals surface area contributed by atoms with E-state index in [-0.39, 0.29) is 11.9 Å². The van der Waals surface area contributed by atoms with Gasteiger partial charge in [0.05, 0.1) is 6.04 Å². The van der Waals surface area contributed by atoms with Crippen LogP contribution in [0, 0.1) is 5.82 Å². The first-order valence-electron chi connectivity index (χ1n) is 4.03. The topological polar surface area (TPSA) is 32.3 Å². The molecule has 0 aliphatic heterocycles. The highest BCUT2D eigenvalue weighted by atomic mass is 79.9. The van der Waals surface area contributed by atoms with Crippen LogP contribution in [0.3, 0.4) is 0 Å². The van der Waals surface area contributed by atoms with Gasteiger partial charge in [-0.1, -0.05) is 28.9 Å². The summed E-state index contributed by atoms with van der Waals surface area (Å²) in [6.45, 7) is 1.93. The minimum Gasteiger partial charge on any atom is -0.316 e. The highest BCUT2D eigenvalue weighted by Gasteiger charge is 2.11. The summed E-state index contributed by atoms with van der Waals surface area (Å²) in [6, 6.07) is 4.25. The third-order valence-electron chi connectivity index (χ3n) is 1.90. The molecule has 0 saturated carbocycles. The molecule has 0 amide bonds. The molecule has 72 valence electrons. The highest BCUT2D eigenvalue weighted by molar-refractivity contribution is 9.10. The number of hydrogen-bond acceptors (Lipinski definition) is 2. The first-order valence-corrected chi connectivity index (χ1v) is 4.83. The largest absolute Gasteiger partial charge is 0.316 e. The van der Waals surface area contributed by atoms with Gasteiger partial charge in [-0.05, 0) is 24.1 Å². The Hall–Kier alpha value is -0.450. The molecule has 0 spiro atoms. The summed E-state index contributed by atoms with van der Waals surface area (Å²) in [6.07, 6.45) is 0.737. The minimum atomic E-state index is -0.289. The van der Waals surface area contributed by atoms with Crippen LogP contribution in [0.4, 0.5) is 4.39 Å². The molecule has 0 aliphatic rings. The summed E-state index contributed by atoms with van der Waals surface area (Å²) in [4.78, 5) is 0. The van der Waals surface area contributed by atoms with E-state index in [1.807, 2.05) is 6.92 Å². The standard InChI is InChI=1S/C9H11BrFNO/c1-2-9(12-13)7-4-3-6(11)5-8(7)10/h3-5,9,12-13H,2H2,1H3/t9-/m0/s1. The fourth-order valence-corrected chi connectivity index (χ4v) is 1.79. The van der Waals surface area contributed by atoms with Crippen molar-refractivity contribution in [2.75, 3.05) is 0 Å². The van der Waals surface area contributed by atoms with E-state index in [1.54, 1.807) is 6.07 Å². The second kappa shape index (κ2) is 4.69. The maximum absolute atomic E-state index is 12.7. The van der Waals surface area contributed by atoms with Gasteiger partial charge in [-0.3, -0.25) is 0 Å². The molecular weight excluding hydrogens is 237 g/mol. The third-order valence-corrected chi connectivity index (χ3v) is 2.59. The Morgan fingerprint density at radius 3 is 2.77 bits per heavy atom. The molecule has 0 aliphatic carbocycles. The van der Waals surface area contributed by atoms with E-state index in [0.717, 1.165) is 12.0 Å². The lowest BCUT2D eigenvalue weighted by Gasteiger charge is -2.14. The molecular formula is C9H11BrFNO. The van der Waals surface area contributed by atoms with Crippen LogP contribution in [0.5, 0.6) is 0 Å². The summed E-state index contributed by atoms with van der Waals surface area (Å²) < 4.78 is 13.4. The molecule has 0 saturated heterocycles. The van der Waals surface area contributed by atoms with Gasteiger partial charge < -0.3 is 5.21 Å². The zero-order chi connectivity index (χ0) is 9.84. The Morgan fingerprint density at radius 1 is 1.62 bits per heavy atom. The monoisotopic (exact) mass is 247 g/mol. The fourth-order valence-electron chi connectivity index (χ4n) is 1.16. The molecule has 1 aromatic carbocycles. The van der Waals surface area contributed by atoms with Crippen LogP contribution in [0.25, 0.3) is 0 Å². The molecule has 1 atom stereocenters. The second-order valence-electron chi connectivity index (χ2n) is 2.76. The van der Waals surface area contributed by atoms with E-state index in [9.17, 15) is 4.39 Å². The Morgan fingerprint density at radius 2 is 2.31 bits per heavy atom. The molecule has 13 heavy (non-hydrogen) atoms.